The van der Waals surface area contributed by atoms with Gasteiger partial charge in [0.1, 0.15) is 4.83 Å². The van der Waals surface area contributed by atoms with Crippen LogP contribution in [-0.4, -0.2) is 15.7 Å². The molecule has 0 aliphatic heterocycles. The summed E-state index contributed by atoms with van der Waals surface area (Å²) >= 11 is 2.91. The van der Waals surface area contributed by atoms with Crippen molar-refractivity contribution in [3.63, 3.8) is 0 Å². The zero-order chi connectivity index (χ0) is 13.4. The Morgan fingerprint density at radius 3 is 3.26 bits per heavy atom. The van der Waals surface area contributed by atoms with Crippen LogP contribution in [0.2, 0.25) is 0 Å². The van der Waals surface area contributed by atoms with Gasteiger partial charge in [0.2, 0.25) is 0 Å². The number of rotatable bonds is 2. The summed E-state index contributed by atoms with van der Waals surface area (Å²) in [5.41, 5.74) is 1.14. The molecule has 98 valence electrons. The highest BCUT2D eigenvalue weighted by Gasteiger charge is 2.22. The van der Waals surface area contributed by atoms with Crippen LogP contribution in [0.25, 0.3) is 10.2 Å². The van der Waals surface area contributed by atoms with Crippen LogP contribution < -0.4 is 5.56 Å². The number of nitriles is 1. The lowest BCUT2D eigenvalue weighted by atomic mass is 9.89. The number of aromatic nitrogens is 2. The largest absolute Gasteiger partial charge is 0.301 e. The molecule has 1 aliphatic carbocycles. The average Bonchev–Trinajstić information content (AvgIpc) is 2.73. The van der Waals surface area contributed by atoms with E-state index in [-0.39, 0.29) is 5.56 Å². The minimum Gasteiger partial charge on any atom is -0.301 e. The molecule has 2 aromatic rings. The Morgan fingerprint density at radius 2 is 2.47 bits per heavy atom. The highest BCUT2D eigenvalue weighted by Crippen LogP contribution is 2.35. The standard InChI is InChI=1S/C13H13N3OS2/c1-7-2-3-8-9(6-7)19-12-10(8)11(17)15-13(16-12)18-5-4-14/h7H,2-3,5-6H2,1H3,(H,15,16,17). The Hall–Kier alpha value is -1.32. The van der Waals surface area contributed by atoms with Gasteiger partial charge in [0.25, 0.3) is 5.56 Å². The van der Waals surface area contributed by atoms with Crippen LogP contribution in [-0.2, 0) is 12.8 Å². The van der Waals surface area contributed by atoms with Gasteiger partial charge in [0, 0.05) is 4.88 Å². The lowest BCUT2D eigenvalue weighted by Crippen LogP contribution is -2.13. The number of nitrogens with zero attached hydrogens (tertiary/aromatic N) is 2. The summed E-state index contributed by atoms with van der Waals surface area (Å²) in [5, 5.41) is 9.90. The van der Waals surface area contributed by atoms with Crippen molar-refractivity contribution in [3.8, 4) is 6.07 Å². The molecule has 0 amide bonds. The van der Waals surface area contributed by atoms with Crippen molar-refractivity contribution in [2.45, 2.75) is 31.3 Å². The lowest BCUT2D eigenvalue weighted by Gasteiger charge is -2.17. The van der Waals surface area contributed by atoms with E-state index in [9.17, 15) is 4.79 Å². The van der Waals surface area contributed by atoms with E-state index in [1.54, 1.807) is 11.3 Å². The second-order valence-electron chi connectivity index (χ2n) is 4.85. The molecule has 0 radical (unpaired) electrons. The molecule has 2 aromatic heterocycles. The van der Waals surface area contributed by atoms with Crippen molar-refractivity contribution >= 4 is 33.3 Å². The first-order chi connectivity index (χ1) is 9.19. The van der Waals surface area contributed by atoms with Crippen molar-refractivity contribution in [1.82, 2.24) is 9.97 Å². The molecule has 0 saturated carbocycles. The molecule has 6 heteroatoms. The molecule has 1 aliphatic rings. The molecule has 1 N–H and O–H groups in total. The van der Waals surface area contributed by atoms with Crippen LogP contribution in [0.15, 0.2) is 9.95 Å². The maximum atomic E-state index is 12.2. The third-order valence-electron chi connectivity index (χ3n) is 3.42. The summed E-state index contributed by atoms with van der Waals surface area (Å²) in [6, 6.07) is 2.04. The van der Waals surface area contributed by atoms with Gasteiger partial charge in [0.05, 0.1) is 17.2 Å². The van der Waals surface area contributed by atoms with Gasteiger partial charge in [0.15, 0.2) is 5.16 Å². The van der Waals surface area contributed by atoms with Gasteiger partial charge in [-0.3, -0.25) is 4.79 Å². The molecule has 0 saturated heterocycles. The summed E-state index contributed by atoms with van der Waals surface area (Å²) in [4.78, 5) is 21.6. The number of thiophene rings is 1. The van der Waals surface area contributed by atoms with Gasteiger partial charge in [-0.2, -0.15) is 5.26 Å². The summed E-state index contributed by atoms with van der Waals surface area (Å²) in [6.45, 7) is 2.25. The van der Waals surface area contributed by atoms with Gasteiger partial charge >= 0.3 is 0 Å². The second kappa shape index (κ2) is 4.99. The lowest BCUT2D eigenvalue weighted by molar-refractivity contribution is 0.509. The summed E-state index contributed by atoms with van der Waals surface area (Å²) < 4.78 is 0. The van der Waals surface area contributed by atoms with Crippen LogP contribution in [0.4, 0.5) is 0 Å². The number of hydrogen-bond acceptors (Lipinski definition) is 5. The van der Waals surface area contributed by atoms with Crippen molar-refractivity contribution in [1.29, 1.82) is 5.26 Å². The normalized spacial score (nSPS) is 18.2. The predicted molar refractivity (Wildman–Crippen MR) is 77.8 cm³/mol. The van der Waals surface area contributed by atoms with E-state index >= 15 is 0 Å². The third kappa shape index (κ3) is 2.28. The highest BCUT2D eigenvalue weighted by atomic mass is 32.2. The Balaban J connectivity index is 2.12. The fraction of sp³-hybridized carbons (Fsp3) is 0.462. The number of hydrogen-bond donors (Lipinski definition) is 1. The number of thioether (sulfide) groups is 1. The first-order valence-electron chi connectivity index (χ1n) is 6.23. The molecule has 0 fully saturated rings. The Morgan fingerprint density at radius 1 is 1.63 bits per heavy atom. The third-order valence-corrected chi connectivity index (χ3v) is 5.31. The fourth-order valence-corrected chi connectivity index (χ4v) is 4.46. The van der Waals surface area contributed by atoms with E-state index in [4.69, 9.17) is 5.26 Å². The topological polar surface area (TPSA) is 69.5 Å². The van der Waals surface area contributed by atoms with Crippen LogP contribution in [0.3, 0.4) is 0 Å². The van der Waals surface area contributed by atoms with Gasteiger partial charge < -0.3 is 4.98 Å². The van der Waals surface area contributed by atoms with E-state index < -0.39 is 0 Å². The number of aryl methyl sites for hydroxylation is 1. The predicted octanol–water partition coefficient (Wildman–Crippen LogP) is 2.73. The molecule has 0 spiro atoms. The van der Waals surface area contributed by atoms with Crippen molar-refractivity contribution in [2.24, 2.45) is 5.92 Å². The van der Waals surface area contributed by atoms with Gasteiger partial charge in [-0.05, 0) is 30.7 Å². The molecule has 19 heavy (non-hydrogen) atoms. The molecular formula is C13H13N3OS2. The van der Waals surface area contributed by atoms with Crippen molar-refractivity contribution < 1.29 is 0 Å². The highest BCUT2D eigenvalue weighted by molar-refractivity contribution is 7.99. The van der Waals surface area contributed by atoms with E-state index in [1.807, 2.05) is 6.07 Å². The summed E-state index contributed by atoms with van der Waals surface area (Å²) in [7, 11) is 0. The minimum atomic E-state index is -0.0579. The number of aromatic amines is 1. The summed E-state index contributed by atoms with van der Waals surface area (Å²) in [5.74, 6) is 0.989. The van der Waals surface area contributed by atoms with E-state index in [1.165, 1.54) is 22.2 Å². The number of nitrogens with one attached hydrogen (secondary N) is 1. The Bertz CT molecular complexity index is 726. The number of H-pyrrole nitrogens is 1. The van der Waals surface area contributed by atoms with E-state index in [0.717, 1.165) is 29.5 Å². The van der Waals surface area contributed by atoms with Crippen LogP contribution >= 0.6 is 23.1 Å². The molecule has 4 nitrogen and oxygen atoms in total. The van der Waals surface area contributed by atoms with Gasteiger partial charge in [-0.1, -0.05) is 18.7 Å². The first-order valence-corrected chi connectivity index (χ1v) is 8.03. The molecule has 0 bridgehead atoms. The molecular weight excluding hydrogens is 278 g/mol. The van der Waals surface area contributed by atoms with Crippen LogP contribution in [0.5, 0.6) is 0 Å². The van der Waals surface area contributed by atoms with Gasteiger partial charge in [-0.15, -0.1) is 11.3 Å². The average molecular weight is 291 g/mol. The molecule has 2 heterocycles. The van der Waals surface area contributed by atoms with Crippen molar-refractivity contribution in [3.05, 3.63) is 20.8 Å². The smallest absolute Gasteiger partial charge is 0.260 e. The maximum Gasteiger partial charge on any atom is 0.260 e. The number of fused-ring (bicyclic) bond motifs is 3. The monoisotopic (exact) mass is 291 g/mol. The molecule has 0 aromatic carbocycles. The SMILES string of the molecule is CC1CCc2c(sc3nc(SCC#N)[nH]c(=O)c23)C1. The zero-order valence-corrected chi connectivity index (χ0v) is 12.2. The van der Waals surface area contributed by atoms with Gasteiger partial charge in [-0.25, -0.2) is 4.98 Å². The molecule has 1 atom stereocenters. The molecule has 3 rings (SSSR count). The zero-order valence-electron chi connectivity index (χ0n) is 10.5. The maximum absolute atomic E-state index is 12.2. The van der Waals surface area contributed by atoms with Crippen LogP contribution in [0.1, 0.15) is 23.8 Å². The van der Waals surface area contributed by atoms with E-state index in [0.29, 0.717) is 16.8 Å². The Kier molecular flexibility index (Phi) is 3.33. The fourth-order valence-electron chi connectivity index (χ4n) is 2.50. The quantitative estimate of drug-likeness (QED) is 0.682. The first kappa shape index (κ1) is 12.7. The molecule has 1 unspecified atom stereocenters. The van der Waals surface area contributed by atoms with Crippen LogP contribution in [0, 0.1) is 17.2 Å². The van der Waals surface area contributed by atoms with E-state index in [2.05, 4.69) is 16.9 Å². The Labute approximate surface area is 118 Å². The van der Waals surface area contributed by atoms with Crippen molar-refractivity contribution in [2.75, 3.05) is 5.75 Å². The second-order valence-corrected chi connectivity index (χ2v) is 6.90. The summed E-state index contributed by atoms with van der Waals surface area (Å²) in [6.07, 6.45) is 3.17. The minimum absolute atomic E-state index is 0.0579.